The third kappa shape index (κ3) is 4.08. The lowest BCUT2D eigenvalue weighted by Crippen LogP contribution is -2.43. The molecular formula is C10H17ClN2O2. The lowest BCUT2D eigenvalue weighted by Gasteiger charge is -2.32. The van der Waals surface area contributed by atoms with Gasteiger partial charge in [0.25, 0.3) is 0 Å². The zero-order chi connectivity index (χ0) is 11.3. The predicted molar refractivity (Wildman–Crippen MR) is 58.7 cm³/mol. The maximum Gasteiger partial charge on any atom is 0.237 e. The van der Waals surface area contributed by atoms with Gasteiger partial charge in [-0.1, -0.05) is 0 Å². The first-order chi connectivity index (χ1) is 7.13. The summed E-state index contributed by atoms with van der Waals surface area (Å²) >= 11 is 5.50. The number of piperidine rings is 1. The van der Waals surface area contributed by atoms with Gasteiger partial charge in [0.2, 0.25) is 11.8 Å². The van der Waals surface area contributed by atoms with Crippen LogP contribution in [-0.2, 0) is 9.59 Å². The number of nitrogens with zero attached hydrogens (tertiary/aromatic N) is 1. The van der Waals surface area contributed by atoms with E-state index in [-0.39, 0.29) is 17.7 Å². The van der Waals surface area contributed by atoms with Crippen molar-refractivity contribution in [1.29, 1.82) is 0 Å². The SMILES string of the molecule is CC(=O)NCC1CCCN(C(=O)CCl)C1. The van der Waals surface area contributed by atoms with Crippen molar-refractivity contribution in [1.82, 2.24) is 10.2 Å². The van der Waals surface area contributed by atoms with Crippen molar-refractivity contribution in [3.8, 4) is 0 Å². The summed E-state index contributed by atoms with van der Waals surface area (Å²) in [5, 5.41) is 2.78. The van der Waals surface area contributed by atoms with Gasteiger partial charge in [-0.2, -0.15) is 0 Å². The molecule has 0 aromatic heterocycles. The first-order valence-corrected chi connectivity index (χ1v) is 5.75. The van der Waals surface area contributed by atoms with Crippen LogP contribution in [0.3, 0.4) is 0 Å². The van der Waals surface area contributed by atoms with E-state index >= 15 is 0 Å². The van der Waals surface area contributed by atoms with E-state index in [0.29, 0.717) is 19.0 Å². The maximum atomic E-state index is 11.4. The largest absolute Gasteiger partial charge is 0.356 e. The summed E-state index contributed by atoms with van der Waals surface area (Å²) in [6, 6.07) is 0. The number of amides is 2. The number of nitrogens with one attached hydrogen (secondary N) is 1. The Bertz CT molecular complexity index is 246. The quantitative estimate of drug-likeness (QED) is 0.725. The minimum atomic E-state index is -0.0178. The Balaban J connectivity index is 2.35. The Kier molecular flexibility index (Phi) is 4.88. The standard InChI is InChI=1S/C10H17ClN2O2/c1-8(14)12-6-9-3-2-4-13(7-9)10(15)5-11/h9H,2-7H2,1H3,(H,12,14). The van der Waals surface area contributed by atoms with E-state index < -0.39 is 0 Å². The lowest BCUT2D eigenvalue weighted by atomic mass is 9.98. The fourth-order valence-corrected chi connectivity index (χ4v) is 2.00. The molecule has 0 aromatic rings. The lowest BCUT2D eigenvalue weighted by molar-refractivity contribution is -0.130. The summed E-state index contributed by atoms with van der Waals surface area (Å²) in [7, 11) is 0. The van der Waals surface area contributed by atoms with Crippen LogP contribution in [0.2, 0.25) is 0 Å². The maximum absolute atomic E-state index is 11.4. The molecule has 1 heterocycles. The Hall–Kier alpha value is -0.770. The van der Waals surface area contributed by atoms with Crippen LogP contribution in [0.1, 0.15) is 19.8 Å². The highest BCUT2D eigenvalue weighted by Crippen LogP contribution is 2.15. The van der Waals surface area contributed by atoms with E-state index in [9.17, 15) is 9.59 Å². The molecule has 1 aliphatic rings. The second kappa shape index (κ2) is 5.95. The van der Waals surface area contributed by atoms with Gasteiger partial charge in [-0.05, 0) is 18.8 Å². The van der Waals surface area contributed by atoms with Crippen molar-refractivity contribution in [3.05, 3.63) is 0 Å². The average molecular weight is 233 g/mol. The molecular weight excluding hydrogens is 216 g/mol. The molecule has 1 aliphatic heterocycles. The first-order valence-electron chi connectivity index (χ1n) is 5.21. The Labute approximate surface area is 95.0 Å². The van der Waals surface area contributed by atoms with Crippen molar-refractivity contribution >= 4 is 23.4 Å². The molecule has 0 spiro atoms. The van der Waals surface area contributed by atoms with Crippen molar-refractivity contribution < 1.29 is 9.59 Å². The summed E-state index contributed by atoms with van der Waals surface area (Å²) in [5.41, 5.74) is 0. The minimum absolute atomic E-state index is 0.0100. The van der Waals surface area contributed by atoms with Crippen LogP contribution in [0.15, 0.2) is 0 Å². The topological polar surface area (TPSA) is 49.4 Å². The van der Waals surface area contributed by atoms with Gasteiger partial charge in [-0.3, -0.25) is 9.59 Å². The fraction of sp³-hybridized carbons (Fsp3) is 0.800. The summed E-state index contributed by atoms with van der Waals surface area (Å²) in [6.45, 7) is 3.67. The van der Waals surface area contributed by atoms with Gasteiger partial charge in [-0.25, -0.2) is 0 Å². The number of carbonyl (C=O) groups excluding carboxylic acids is 2. The van der Waals surface area contributed by atoms with Crippen molar-refractivity contribution in [2.75, 3.05) is 25.5 Å². The number of likely N-dealkylation sites (tertiary alicyclic amines) is 1. The predicted octanol–water partition coefficient (Wildman–Crippen LogP) is 0.600. The van der Waals surface area contributed by atoms with Crippen LogP contribution >= 0.6 is 11.6 Å². The van der Waals surface area contributed by atoms with Crippen LogP contribution in [0, 0.1) is 5.92 Å². The van der Waals surface area contributed by atoms with Crippen LogP contribution in [0.4, 0.5) is 0 Å². The number of hydrogen-bond donors (Lipinski definition) is 1. The molecule has 0 aliphatic carbocycles. The third-order valence-electron chi connectivity index (χ3n) is 2.63. The van der Waals surface area contributed by atoms with Gasteiger partial charge >= 0.3 is 0 Å². The van der Waals surface area contributed by atoms with E-state index in [1.165, 1.54) is 6.92 Å². The normalized spacial score (nSPS) is 21.2. The van der Waals surface area contributed by atoms with E-state index in [1.54, 1.807) is 4.90 Å². The second-order valence-electron chi connectivity index (χ2n) is 3.92. The van der Waals surface area contributed by atoms with Crippen molar-refractivity contribution in [2.45, 2.75) is 19.8 Å². The molecule has 1 atom stereocenters. The highest BCUT2D eigenvalue weighted by atomic mass is 35.5. The molecule has 1 unspecified atom stereocenters. The Morgan fingerprint density at radius 2 is 2.27 bits per heavy atom. The molecule has 0 bridgehead atoms. The molecule has 4 nitrogen and oxygen atoms in total. The van der Waals surface area contributed by atoms with Gasteiger partial charge in [0, 0.05) is 26.6 Å². The van der Waals surface area contributed by atoms with Gasteiger partial charge < -0.3 is 10.2 Å². The second-order valence-corrected chi connectivity index (χ2v) is 4.19. The molecule has 5 heteroatoms. The molecule has 1 rings (SSSR count). The van der Waals surface area contributed by atoms with E-state index in [4.69, 9.17) is 11.6 Å². The molecule has 1 N–H and O–H groups in total. The monoisotopic (exact) mass is 232 g/mol. The van der Waals surface area contributed by atoms with Crippen LogP contribution < -0.4 is 5.32 Å². The summed E-state index contributed by atoms with van der Waals surface area (Å²) in [6.07, 6.45) is 2.05. The molecule has 0 saturated carbocycles. The van der Waals surface area contributed by atoms with E-state index in [0.717, 1.165) is 19.4 Å². The van der Waals surface area contributed by atoms with Crippen molar-refractivity contribution in [2.24, 2.45) is 5.92 Å². The minimum Gasteiger partial charge on any atom is -0.356 e. The molecule has 1 saturated heterocycles. The van der Waals surface area contributed by atoms with Crippen LogP contribution in [0.25, 0.3) is 0 Å². The number of rotatable bonds is 3. The summed E-state index contributed by atoms with van der Waals surface area (Å²) in [5.74, 6) is 0.391. The number of carbonyl (C=O) groups is 2. The van der Waals surface area contributed by atoms with E-state index in [2.05, 4.69) is 5.32 Å². The summed E-state index contributed by atoms with van der Waals surface area (Å²) in [4.78, 5) is 23.9. The molecule has 0 aromatic carbocycles. The first kappa shape index (κ1) is 12.3. The molecule has 1 fully saturated rings. The molecule has 0 radical (unpaired) electrons. The smallest absolute Gasteiger partial charge is 0.237 e. The van der Waals surface area contributed by atoms with Gasteiger partial charge in [0.15, 0.2) is 0 Å². The fourth-order valence-electron chi connectivity index (χ4n) is 1.83. The van der Waals surface area contributed by atoms with Gasteiger partial charge in [-0.15, -0.1) is 11.6 Å². The zero-order valence-electron chi connectivity index (χ0n) is 8.96. The number of hydrogen-bond acceptors (Lipinski definition) is 2. The third-order valence-corrected chi connectivity index (χ3v) is 2.85. The Morgan fingerprint density at radius 3 is 2.87 bits per heavy atom. The molecule has 15 heavy (non-hydrogen) atoms. The molecule has 86 valence electrons. The highest BCUT2D eigenvalue weighted by molar-refractivity contribution is 6.27. The van der Waals surface area contributed by atoms with Crippen LogP contribution in [0.5, 0.6) is 0 Å². The van der Waals surface area contributed by atoms with E-state index in [1.807, 2.05) is 0 Å². The van der Waals surface area contributed by atoms with Gasteiger partial charge in [0.1, 0.15) is 5.88 Å². The average Bonchev–Trinajstić information content (AvgIpc) is 2.25. The number of alkyl halides is 1. The van der Waals surface area contributed by atoms with Crippen molar-refractivity contribution in [3.63, 3.8) is 0 Å². The number of halogens is 1. The zero-order valence-corrected chi connectivity index (χ0v) is 9.72. The highest BCUT2D eigenvalue weighted by Gasteiger charge is 2.22. The summed E-state index contributed by atoms with van der Waals surface area (Å²) < 4.78 is 0. The van der Waals surface area contributed by atoms with Gasteiger partial charge in [0.05, 0.1) is 0 Å². The molecule has 2 amide bonds. The Morgan fingerprint density at radius 1 is 1.53 bits per heavy atom. The van der Waals surface area contributed by atoms with Crippen LogP contribution in [-0.4, -0.2) is 42.2 Å².